The second-order valence-corrected chi connectivity index (χ2v) is 3.75. The zero-order chi connectivity index (χ0) is 13.8. The number of halogens is 4. The summed E-state index contributed by atoms with van der Waals surface area (Å²) < 4.78 is 51.2. The molecule has 1 rings (SSSR count). The van der Waals surface area contributed by atoms with E-state index in [4.69, 9.17) is 5.73 Å². The first-order chi connectivity index (χ1) is 8.34. The molecule has 1 aromatic carbocycles. The SMILES string of the molecule is NCC(F)(F)CNC(=O)Cc1ccc(F)cc1F. The van der Waals surface area contributed by atoms with E-state index in [2.05, 4.69) is 0 Å². The second kappa shape index (κ2) is 5.81. The van der Waals surface area contributed by atoms with Gasteiger partial charge >= 0.3 is 0 Å². The lowest BCUT2D eigenvalue weighted by molar-refractivity contribution is -0.122. The van der Waals surface area contributed by atoms with Crippen LogP contribution in [0.3, 0.4) is 0 Å². The number of carbonyl (C=O) groups is 1. The molecule has 0 bridgehead atoms. The summed E-state index contributed by atoms with van der Waals surface area (Å²) in [5, 5.41) is 1.93. The summed E-state index contributed by atoms with van der Waals surface area (Å²) in [6.07, 6.45) is -0.438. The van der Waals surface area contributed by atoms with Gasteiger partial charge in [0, 0.05) is 6.07 Å². The smallest absolute Gasteiger partial charge is 0.277 e. The Kier molecular flexibility index (Phi) is 4.66. The van der Waals surface area contributed by atoms with E-state index in [0.29, 0.717) is 6.07 Å². The van der Waals surface area contributed by atoms with E-state index in [0.717, 1.165) is 12.1 Å². The molecular formula is C11H12F4N2O. The van der Waals surface area contributed by atoms with Crippen molar-refractivity contribution in [1.29, 1.82) is 0 Å². The van der Waals surface area contributed by atoms with Crippen LogP contribution in [0.5, 0.6) is 0 Å². The second-order valence-electron chi connectivity index (χ2n) is 3.75. The Morgan fingerprint density at radius 1 is 1.33 bits per heavy atom. The van der Waals surface area contributed by atoms with Gasteiger partial charge in [-0.1, -0.05) is 6.07 Å². The summed E-state index contributed by atoms with van der Waals surface area (Å²) in [7, 11) is 0. The van der Waals surface area contributed by atoms with E-state index < -0.39 is 43.0 Å². The molecule has 0 spiro atoms. The van der Waals surface area contributed by atoms with E-state index in [9.17, 15) is 22.4 Å². The maximum absolute atomic E-state index is 13.2. The van der Waals surface area contributed by atoms with Crippen LogP contribution >= 0.6 is 0 Å². The topological polar surface area (TPSA) is 55.1 Å². The van der Waals surface area contributed by atoms with Crippen molar-refractivity contribution in [2.45, 2.75) is 12.3 Å². The number of alkyl halides is 2. The highest BCUT2D eigenvalue weighted by Crippen LogP contribution is 2.11. The van der Waals surface area contributed by atoms with Gasteiger partial charge in [0.1, 0.15) is 11.6 Å². The summed E-state index contributed by atoms with van der Waals surface area (Å²) in [4.78, 5) is 11.3. The molecule has 0 atom stereocenters. The number of benzene rings is 1. The van der Waals surface area contributed by atoms with Gasteiger partial charge in [0.15, 0.2) is 0 Å². The van der Waals surface area contributed by atoms with Crippen LogP contribution < -0.4 is 11.1 Å². The summed E-state index contributed by atoms with van der Waals surface area (Å²) in [6.45, 7) is -1.80. The third-order valence-electron chi connectivity index (χ3n) is 2.21. The zero-order valence-electron chi connectivity index (χ0n) is 9.35. The van der Waals surface area contributed by atoms with Gasteiger partial charge in [-0.3, -0.25) is 4.79 Å². The van der Waals surface area contributed by atoms with E-state index in [-0.39, 0.29) is 5.56 Å². The van der Waals surface area contributed by atoms with Crippen molar-refractivity contribution < 1.29 is 22.4 Å². The predicted octanol–water partition coefficient (Wildman–Crippen LogP) is 1.22. The lowest BCUT2D eigenvalue weighted by atomic mass is 10.1. The summed E-state index contributed by atoms with van der Waals surface area (Å²) >= 11 is 0. The van der Waals surface area contributed by atoms with Crippen LogP contribution in [-0.4, -0.2) is 24.9 Å². The number of nitrogens with two attached hydrogens (primary N) is 1. The van der Waals surface area contributed by atoms with E-state index >= 15 is 0 Å². The van der Waals surface area contributed by atoms with Crippen molar-refractivity contribution >= 4 is 5.91 Å². The molecule has 0 fully saturated rings. The Morgan fingerprint density at radius 3 is 2.56 bits per heavy atom. The average Bonchev–Trinajstić information content (AvgIpc) is 2.30. The van der Waals surface area contributed by atoms with E-state index in [1.807, 2.05) is 5.32 Å². The molecule has 3 N–H and O–H groups in total. The minimum absolute atomic E-state index is 0.0648. The van der Waals surface area contributed by atoms with Crippen molar-refractivity contribution in [3.8, 4) is 0 Å². The minimum atomic E-state index is -3.20. The van der Waals surface area contributed by atoms with Crippen LogP contribution in [0.1, 0.15) is 5.56 Å². The molecule has 7 heteroatoms. The van der Waals surface area contributed by atoms with Gasteiger partial charge in [0.25, 0.3) is 5.92 Å². The largest absolute Gasteiger partial charge is 0.350 e. The van der Waals surface area contributed by atoms with Gasteiger partial charge < -0.3 is 11.1 Å². The highest BCUT2D eigenvalue weighted by atomic mass is 19.3. The number of amides is 1. The summed E-state index contributed by atoms with van der Waals surface area (Å²) in [5.41, 5.74) is 4.72. The van der Waals surface area contributed by atoms with Gasteiger partial charge in [0.05, 0.1) is 19.5 Å². The molecule has 100 valence electrons. The van der Waals surface area contributed by atoms with Crippen molar-refractivity contribution in [2.75, 3.05) is 13.1 Å². The number of rotatable bonds is 5. The molecular weight excluding hydrogens is 252 g/mol. The van der Waals surface area contributed by atoms with Crippen LogP contribution in [0.15, 0.2) is 18.2 Å². The van der Waals surface area contributed by atoms with Crippen molar-refractivity contribution in [3.63, 3.8) is 0 Å². The first kappa shape index (κ1) is 14.4. The van der Waals surface area contributed by atoms with Gasteiger partial charge in [-0.25, -0.2) is 17.6 Å². The number of nitrogens with one attached hydrogen (secondary N) is 1. The van der Waals surface area contributed by atoms with Crippen molar-refractivity contribution in [1.82, 2.24) is 5.32 Å². The zero-order valence-corrected chi connectivity index (χ0v) is 9.35. The van der Waals surface area contributed by atoms with Crippen molar-refractivity contribution in [3.05, 3.63) is 35.4 Å². The number of carbonyl (C=O) groups excluding carboxylic acids is 1. The van der Waals surface area contributed by atoms with Gasteiger partial charge in [-0.2, -0.15) is 0 Å². The molecule has 1 aromatic rings. The Bertz CT molecular complexity index is 437. The fraction of sp³-hybridized carbons (Fsp3) is 0.364. The number of hydrogen-bond donors (Lipinski definition) is 2. The Morgan fingerprint density at radius 2 is 2.00 bits per heavy atom. The molecule has 0 saturated heterocycles. The van der Waals surface area contributed by atoms with Crippen molar-refractivity contribution in [2.24, 2.45) is 5.73 Å². The fourth-order valence-electron chi connectivity index (χ4n) is 1.20. The normalized spacial score (nSPS) is 11.4. The third-order valence-corrected chi connectivity index (χ3v) is 2.21. The molecule has 0 saturated carbocycles. The molecule has 18 heavy (non-hydrogen) atoms. The Labute approximate surface area is 101 Å². The van der Waals surface area contributed by atoms with Crippen LogP contribution in [0.25, 0.3) is 0 Å². The van der Waals surface area contributed by atoms with Gasteiger partial charge in [0.2, 0.25) is 5.91 Å². The maximum Gasteiger partial charge on any atom is 0.277 e. The molecule has 0 radical (unpaired) electrons. The van der Waals surface area contributed by atoms with Gasteiger partial charge in [-0.15, -0.1) is 0 Å². The van der Waals surface area contributed by atoms with Crippen LogP contribution in [0, 0.1) is 11.6 Å². The monoisotopic (exact) mass is 264 g/mol. The Balaban J connectivity index is 2.55. The molecule has 1 amide bonds. The minimum Gasteiger partial charge on any atom is -0.350 e. The molecule has 0 aliphatic rings. The quantitative estimate of drug-likeness (QED) is 0.786. The predicted molar refractivity (Wildman–Crippen MR) is 57.1 cm³/mol. The molecule has 0 unspecified atom stereocenters. The molecule has 0 aliphatic heterocycles. The van der Waals surface area contributed by atoms with E-state index in [1.54, 1.807) is 0 Å². The third kappa shape index (κ3) is 4.33. The standard InChI is InChI=1S/C11H12F4N2O/c12-8-2-1-7(9(13)4-8)3-10(18)17-6-11(14,15)5-16/h1-2,4H,3,5-6,16H2,(H,17,18). The highest BCUT2D eigenvalue weighted by molar-refractivity contribution is 5.78. The molecule has 3 nitrogen and oxygen atoms in total. The average molecular weight is 264 g/mol. The van der Waals surface area contributed by atoms with E-state index in [1.165, 1.54) is 0 Å². The molecule has 0 aromatic heterocycles. The van der Waals surface area contributed by atoms with Crippen LogP contribution in [0.2, 0.25) is 0 Å². The lowest BCUT2D eigenvalue weighted by Crippen LogP contribution is -2.42. The fourth-order valence-corrected chi connectivity index (χ4v) is 1.20. The summed E-state index contributed by atoms with van der Waals surface area (Å²) in [5.74, 6) is -5.65. The van der Waals surface area contributed by atoms with Crippen LogP contribution in [-0.2, 0) is 11.2 Å². The lowest BCUT2D eigenvalue weighted by Gasteiger charge is -2.14. The first-order valence-electron chi connectivity index (χ1n) is 5.12. The first-order valence-corrected chi connectivity index (χ1v) is 5.12. The Hall–Kier alpha value is -1.63. The summed E-state index contributed by atoms with van der Waals surface area (Å²) in [6, 6.07) is 2.70. The highest BCUT2D eigenvalue weighted by Gasteiger charge is 2.27. The van der Waals surface area contributed by atoms with Gasteiger partial charge in [-0.05, 0) is 11.6 Å². The molecule has 0 aliphatic carbocycles. The maximum atomic E-state index is 13.2. The van der Waals surface area contributed by atoms with Crippen LogP contribution in [0.4, 0.5) is 17.6 Å². The number of hydrogen-bond acceptors (Lipinski definition) is 2. The molecule has 0 heterocycles.